The standard InChI is InChI=1S/C26H30F3N3O/c1-3-26(20-5-7-21(27)8-6-20)25(33)32(18(2)30-26)14-4-13-31-15-11-19(12-16-31)23-10-9-22(28)17-24(23)29/h5-10,17,19H,3-4,11-16H2,1-2H3. The molecule has 0 spiro atoms. The van der Waals surface area contributed by atoms with E-state index in [0.717, 1.165) is 45.0 Å². The van der Waals surface area contributed by atoms with Crippen molar-refractivity contribution < 1.29 is 18.0 Å². The van der Waals surface area contributed by atoms with Gasteiger partial charge in [0.15, 0.2) is 5.54 Å². The van der Waals surface area contributed by atoms with Gasteiger partial charge in [-0.2, -0.15) is 0 Å². The van der Waals surface area contributed by atoms with Gasteiger partial charge in [-0.05, 0) is 87.5 Å². The van der Waals surface area contributed by atoms with Gasteiger partial charge in [-0.25, -0.2) is 13.2 Å². The molecule has 2 aromatic rings. The number of piperidine rings is 1. The predicted octanol–water partition coefficient (Wildman–Crippen LogP) is 5.24. The molecule has 0 N–H and O–H groups in total. The van der Waals surface area contributed by atoms with Crippen molar-refractivity contribution in [1.29, 1.82) is 0 Å². The fraction of sp³-hybridized carbons (Fsp3) is 0.462. The summed E-state index contributed by atoms with van der Waals surface area (Å²) in [6, 6.07) is 9.87. The summed E-state index contributed by atoms with van der Waals surface area (Å²) >= 11 is 0. The monoisotopic (exact) mass is 457 g/mol. The number of rotatable bonds is 7. The summed E-state index contributed by atoms with van der Waals surface area (Å²) < 4.78 is 40.7. The molecule has 7 heteroatoms. The molecule has 2 aliphatic rings. The van der Waals surface area contributed by atoms with Gasteiger partial charge >= 0.3 is 0 Å². The number of likely N-dealkylation sites (tertiary alicyclic amines) is 1. The van der Waals surface area contributed by atoms with Crippen LogP contribution in [0.2, 0.25) is 0 Å². The molecule has 1 saturated heterocycles. The Hall–Kier alpha value is -2.67. The average Bonchev–Trinajstić information content (AvgIpc) is 3.05. The second-order valence-corrected chi connectivity index (χ2v) is 8.97. The van der Waals surface area contributed by atoms with Crippen LogP contribution in [0.3, 0.4) is 0 Å². The van der Waals surface area contributed by atoms with Crippen LogP contribution in [0.4, 0.5) is 13.2 Å². The first-order valence-corrected chi connectivity index (χ1v) is 11.7. The molecule has 0 aromatic heterocycles. The first-order chi connectivity index (χ1) is 15.8. The van der Waals surface area contributed by atoms with Crippen LogP contribution in [0.15, 0.2) is 47.5 Å². The highest BCUT2D eigenvalue weighted by molar-refractivity contribution is 6.07. The fourth-order valence-corrected chi connectivity index (χ4v) is 5.12. The van der Waals surface area contributed by atoms with E-state index < -0.39 is 17.2 Å². The number of hydrogen-bond acceptors (Lipinski definition) is 3. The van der Waals surface area contributed by atoms with Crippen molar-refractivity contribution >= 4 is 11.7 Å². The summed E-state index contributed by atoms with van der Waals surface area (Å²) in [5.41, 5.74) is 0.339. The lowest BCUT2D eigenvalue weighted by molar-refractivity contribution is -0.131. The molecule has 0 saturated carbocycles. The Kier molecular flexibility index (Phi) is 6.88. The Morgan fingerprint density at radius 1 is 1.00 bits per heavy atom. The minimum absolute atomic E-state index is 0.0559. The Balaban J connectivity index is 1.31. The molecule has 1 amide bonds. The highest BCUT2D eigenvalue weighted by Crippen LogP contribution is 2.37. The van der Waals surface area contributed by atoms with Gasteiger partial charge in [-0.15, -0.1) is 0 Å². The minimum Gasteiger partial charge on any atom is -0.303 e. The number of carbonyl (C=O) groups excluding carboxylic acids is 1. The van der Waals surface area contributed by atoms with Gasteiger partial charge in [0.2, 0.25) is 0 Å². The molecule has 1 unspecified atom stereocenters. The third-order valence-corrected chi connectivity index (χ3v) is 7.02. The lowest BCUT2D eigenvalue weighted by Gasteiger charge is -2.33. The quantitative estimate of drug-likeness (QED) is 0.570. The summed E-state index contributed by atoms with van der Waals surface area (Å²) in [4.78, 5) is 22.1. The SMILES string of the molecule is CCC1(c2ccc(F)cc2)N=C(C)N(CCCN2CCC(c3ccc(F)cc3F)CC2)C1=O. The zero-order valence-corrected chi connectivity index (χ0v) is 19.2. The maximum atomic E-state index is 14.1. The molecular formula is C26H30F3N3O. The van der Waals surface area contributed by atoms with E-state index in [0.29, 0.717) is 29.9 Å². The Labute approximate surface area is 193 Å². The number of amides is 1. The summed E-state index contributed by atoms with van der Waals surface area (Å²) in [5.74, 6) is -0.598. The van der Waals surface area contributed by atoms with Gasteiger partial charge in [0, 0.05) is 12.6 Å². The Bertz CT molecular complexity index is 1030. The van der Waals surface area contributed by atoms with Crippen LogP contribution in [0, 0.1) is 17.5 Å². The molecule has 176 valence electrons. The summed E-state index contributed by atoms with van der Waals surface area (Å²) in [6.07, 6.45) is 2.97. The van der Waals surface area contributed by atoms with Crippen LogP contribution in [0.1, 0.15) is 56.6 Å². The van der Waals surface area contributed by atoms with E-state index in [4.69, 9.17) is 4.99 Å². The Morgan fingerprint density at radius 2 is 1.67 bits per heavy atom. The van der Waals surface area contributed by atoms with Crippen LogP contribution < -0.4 is 0 Å². The summed E-state index contributed by atoms with van der Waals surface area (Å²) in [5, 5.41) is 0. The molecule has 1 fully saturated rings. The van der Waals surface area contributed by atoms with E-state index in [1.165, 1.54) is 18.2 Å². The molecule has 4 rings (SSSR count). The third-order valence-electron chi connectivity index (χ3n) is 7.02. The minimum atomic E-state index is -0.977. The van der Waals surface area contributed by atoms with Crippen molar-refractivity contribution in [2.75, 3.05) is 26.2 Å². The van der Waals surface area contributed by atoms with Gasteiger partial charge < -0.3 is 4.90 Å². The molecule has 0 bridgehead atoms. The van der Waals surface area contributed by atoms with E-state index >= 15 is 0 Å². The van der Waals surface area contributed by atoms with Gasteiger partial charge in [-0.1, -0.05) is 25.1 Å². The van der Waals surface area contributed by atoms with Crippen molar-refractivity contribution in [2.45, 2.75) is 51.0 Å². The maximum absolute atomic E-state index is 14.1. The number of aliphatic imine (C=N–C) groups is 1. The van der Waals surface area contributed by atoms with Crippen molar-refractivity contribution in [2.24, 2.45) is 4.99 Å². The van der Waals surface area contributed by atoms with E-state index in [-0.39, 0.29) is 17.6 Å². The molecule has 33 heavy (non-hydrogen) atoms. The smallest absolute Gasteiger partial charge is 0.260 e. The third kappa shape index (κ3) is 4.69. The molecule has 2 aliphatic heterocycles. The van der Waals surface area contributed by atoms with Crippen LogP contribution in [0.5, 0.6) is 0 Å². The first kappa shape index (κ1) is 23.5. The topological polar surface area (TPSA) is 35.9 Å². The van der Waals surface area contributed by atoms with E-state index in [1.807, 2.05) is 13.8 Å². The summed E-state index contributed by atoms with van der Waals surface area (Å²) in [7, 11) is 0. The number of benzene rings is 2. The second kappa shape index (κ2) is 9.67. The largest absolute Gasteiger partial charge is 0.303 e. The van der Waals surface area contributed by atoms with Crippen LogP contribution >= 0.6 is 0 Å². The predicted molar refractivity (Wildman–Crippen MR) is 123 cm³/mol. The summed E-state index contributed by atoms with van der Waals surface area (Å²) in [6.45, 7) is 6.88. The molecule has 0 radical (unpaired) electrons. The first-order valence-electron chi connectivity index (χ1n) is 11.7. The molecule has 2 aromatic carbocycles. The number of halogens is 3. The number of hydrogen-bond donors (Lipinski definition) is 0. The van der Waals surface area contributed by atoms with Crippen molar-refractivity contribution in [3.05, 3.63) is 71.0 Å². The molecule has 1 atom stereocenters. The second-order valence-electron chi connectivity index (χ2n) is 8.97. The lowest BCUT2D eigenvalue weighted by Crippen LogP contribution is -2.42. The van der Waals surface area contributed by atoms with Gasteiger partial charge in [0.1, 0.15) is 23.3 Å². The highest BCUT2D eigenvalue weighted by Gasteiger charge is 2.46. The van der Waals surface area contributed by atoms with Gasteiger partial charge in [0.05, 0.1) is 0 Å². The van der Waals surface area contributed by atoms with E-state index in [9.17, 15) is 18.0 Å². The zero-order chi connectivity index (χ0) is 23.6. The normalized spacial score (nSPS) is 22.2. The van der Waals surface area contributed by atoms with Crippen molar-refractivity contribution in [3.63, 3.8) is 0 Å². The average molecular weight is 458 g/mol. The maximum Gasteiger partial charge on any atom is 0.260 e. The fourth-order valence-electron chi connectivity index (χ4n) is 5.12. The number of nitrogens with zero attached hydrogens (tertiary/aromatic N) is 3. The molecule has 0 aliphatic carbocycles. The van der Waals surface area contributed by atoms with E-state index in [1.54, 1.807) is 23.1 Å². The molecule has 4 nitrogen and oxygen atoms in total. The van der Waals surface area contributed by atoms with Crippen molar-refractivity contribution in [1.82, 2.24) is 9.80 Å². The van der Waals surface area contributed by atoms with Crippen molar-refractivity contribution in [3.8, 4) is 0 Å². The van der Waals surface area contributed by atoms with E-state index in [2.05, 4.69) is 4.90 Å². The number of carbonyl (C=O) groups is 1. The lowest BCUT2D eigenvalue weighted by atomic mass is 9.87. The number of amidine groups is 1. The highest BCUT2D eigenvalue weighted by atomic mass is 19.1. The van der Waals surface area contributed by atoms with Crippen LogP contribution in [-0.2, 0) is 10.3 Å². The molecular weight excluding hydrogens is 427 g/mol. The van der Waals surface area contributed by atoms with Crippen LogP contribution in [-0.4, -0.2) is 47.7 Å². The van der Waals surface area contributed by atoms with Gasteiger partial charge in [-0.3, -0.25) is 14.7 Å². The van der Waals surface area contributed by atoms with Gasteiger partial charge in [0.25, 0.3) is 5.91 Å². The Morgan fingerprint density at radius 3 is 2.30 bits per heavy atom. The van der Waals surface area contributed by atoms with Crippen LogP contribution in [0.25, 0.3) is 0 Å². The molecule has 2 heterocycles. The zero-order valence-electron chi connectivity index (χ0n) is 19.2.